The van der Waals surface area contributed by atoms with Crippen molar-refractivity contribution >= 4 is 38.7 Å². The normalized spacial score (nSPS) is 12.5. The minimum Gasteiger partial charge on any atom is -0.480 e. The van der Waals surface area contributed by atoms with Gasteiger partial charge in [-0.05, 0) is 35.9 Å². The van der Waals surface area contributed by atoms with Crippen LogP contribution in [0.1, 0.15) is 20.3 Å². The lowest BCUT2D eigenvalue weighted by molar-refractivity contribution is -0.142. The lowest BCUT2D eigenvalue weighted by Gasteiger charge is -2.17. The molecule has 0 unspecified atom stereocenters. The predicted molar refractivity (Wildman–Crippen MR) is 88.7 cm³/mol. The van der Waals surface area contributed by atoms with Crippen LogP contribution in [-0.4, -0.2) is 27.6 Å². The Kier molecular flexibility index (Phi) is 5.24. The average Bonchev–Trinajstić information content (AvgIpc) is 2.80. The van der Waals surface area contributed by atoms with Crippen LogP contribution < -0.4 is 5.32 Å². The number of aliphatic carboxylic acids is 1. The maximum absolute atomic E-state index is 12.1. The largest absolute Gasteiger partial charge is 0.480 e. The summed E-state index contributed by atoms with van der Waals surface area (Å²) in [5.41, 5.74) is 0.931. The number of hydrogen-bond donors (Lipinski definition) is 2. The van der Waals surface area contributed by atoms with Crippen LogP contribution in [0.25, 0.3) is 10.9 Å². The van der Waals surface area contributed by atoms with Gasteiger partial charge in [-0.1, -0.05) is 35.8 Å². The molecule has 1 atom stereocenters. The molecule has 0 spiro atoms. The van der Waals surface area contributed by atoms with Gasteiger partial charge in [0.15, 0.2) is 0 Å². The van der Waals surface area contributed by atoms with E-state index in [0.717, 1.165) is 15.4 Å². The number of carbonyl (C=O) groups is 2. The minimum atomic E-state index is -0.998. The topological polar surface area (TPSA) is 71.3 Å². The Hall–Kier alpha value is -1.82. The molecule has 0 bridgehead atoms. The van der Waals surface area contributed by atoms with Crippen LogP contribution in [-0.2, 0) is 16.1 Å². The van der Waals surface area contributed by atoms with E-state index in [2.05, 4.69) is 21.2 Å². The summed E-state index contributed by atoms with van der Waals surface area (Å²) in [6, 6.07) is 6.92. The van der Waals surface area contributed by atoms with E-state index in [1.165, 1.54) is 0 Å². The molecule has 1 aromatic carbocycles. The first-order valence-electron chi connectivity index (χ1n) is 7.13. The van der Waals surface area contributed by atoms with Crippen molar-refractivity contribution in [1.29, 1.82) is 0 Å². The van der Waals surface area contributed by atoms with Crippen LogP contribution in [0.4, 0.5) is 0 Å². The SMILES string of the molecule is CC(C)C[C@@H](NC(=O)Cn1ccc2ccc(Br)cc21)C(=O)O. The molecule has 0 aliphatic carbocycles. The Morgan fingerprint density at radius 2 is 2.05 bits per heavy atom. The number of fused-ring (bicyclic) bond motifs is 1. The van der Waals surface area contributed by atoms with Crippen LogP contribution >= 0.6 is 15.9 Å². The van der Waals surface area contributed by atoms with Crippen molar-refractivity contribution in [2.75, 3.05) is 0 Å². The zero-order chi connectivity index (χ0) is 16.3. The Labute approximate surface area is 137 Å². The van der Waals surface area contributed by atoms with Crippen molar-refractivity contribution < 1.29 is 14.7 Å². The van der Waals surface area contributed by atoms with E-state index in [4.69, 9.17) is 0 Å². The van der Waals surface area contributed by atoms with Gasteiger partial charge in [-0.3, -0.25) is 4.79 Å². The van der Waals surface area contributed by atoms with Crippen LogP contribution in [0.5, 0.6) is 0 Å². The predicted octanol–water partition coefficient (Wildman–Crippen LogP) is 3.02. The van der Waals surface area contributed by atoms with E-state index in [1.54, 1.807) is 0 Å². The molecule has 1 heterocycles. The number of nitrogens with zero attached hydrogens (tertiary/aromatic N) is 1. The zero-order valence-electron chi connectivity index (χ0n) is 12.5. The highest BCUT2D eigenvalue weighted by Crippen LogP contribution is 2.20. The van der Waals surface area contributed by atoms with Gasteiger partial charge in [-0.25, -0.2) is 4.79 Å². The summed E-state index contributed by atoms with van der Waals surface area (Å²) in [6.07, 6.45) is 2.24. The van der Waals surface area contributed by atoms with E-state index in [1.807, 2.05) is 48.9 Å². The fraction of sp³-hybridized carbons (Fsp3) is 0.375. The highest BCUT2D eigenvalue weighted by molar-refractivity contribution is 9.10. The summed E-state index contributed by atoms with van der Waals surface area (Å²) in [5, 5.41) is 12.8. The molecule has 0 fully saturated rings. The van der Waals surface area contributed by atoms with E-state index in [0.29, 0.717) is 6.42 Å². The molecular formula is C16H19BrN2O3. The van der Waals surface area contributed by atoms with Gasteiger partial charge in [-0.2, -0.15) is 0 Å². The van der Waals surface area contributed by atoms with Crippen LogP contribution in [0, 0.1) is 5.92 Å². The van der Waals surface area contributed by atoms with Gasteiger partial charge in [0, 0.05) is 16.2 Å². The second-order valence-electron chi connectivity index (χ2n) is 5.73. The highest BCUT2D eigenvalue weighted by atomic mass is 79.9. The number of amides is 1. The lowest BCUT2D eigenvalue weighted by Crippen LogP contribution is -2.43. The summed E-state index contributed by atoms with van der Waals surface area (Å²) >= 11 is 3.41. The number of aromatic nitrogens is 1. The summed E-state index contributed by atoms with van der Waals surface area (Å²) in [4.78, 5) is 23.3. The van der Waals surface area contributed by atoms with Gasteiger partial charge in [0.25, 0.3) is 0 Å². The Morgan fingerprint density at radius 3 is 2.68 bits per heavy atom. The number of carboxylic acid groups (broad SMARTS) is 1. The van der Waals surface area contributed by atoms with E-state index in [-0.39, 0.29) is 18.4 Å². The van der Waals surface area contributed by atoms with Gasteiger partial charge in [0.1, 0.15) is 12.6 Å². The summed E-state index contributed by atoms with van der Waals surface area (Å²) < 4.78 is 2.74. The van der Waals surface area contributed by atoms with Crippen molar-refractivity contribution in [3.63, 3.8) is 0 Å². The van der Waals surface area contributed by atoms with Gasteiger partial charge in [0.2, 0.25) is 5.91 Å². The van der Waals surface area contributed by atoms with Crippen LogP contribution in [0.15, 0.2) is 34.9 Å². The van der Waals surface area contributed by atoms with E-state index in [9.17, 15) is 14.7 Å². The van der Waals surface area contributed by atoms with Gasteiger partial charge < -0.3 is 15.0 Å². The monoisotopic (exact) mass is 366 g/mol. The Morgan fingerprint density at radius 1 is 1.32 bits per heavy atom. The molecule has 6 heteroatoms. The van der Waals surface area contributed by atoms with Crippen molar-refractivity contribution in [3.05, 3.63) is 34.9 Å². The number of benzene rings is 1. The molecule has 118 valence electrons. The molecule has 0 saturated carbocycles. The first-order valence-corrected chi connectivity index (χ1v) is 7.92. The number of carbonyl (C=O) groups excluding carboxylic acids is 1. The van der Waals surface area contributed by atoms with E-state index < -0.39 is 12.0 Å². The van der Waals surface area contributed by atoms with Gasteiger partial charge in [0.05, 0.1) is 0 Å². The fourth-order valence-electron chi connectivity index (χ4n) is 2.38. The molecule has 0 aliphatic heterocycles. The summed E-state index contributed by atoms with van der Waals surface area (Å²) in [5.74, 6) is -1.10. The number of halogens is 1. The first-order chi connectivity index (χ1) is 10.4. The third kappa shape index (κ3) is 4.10. The molecule has 1 amide bonds. The highest BCUT2D eigenvalue weighted by Gasteiger charge is 2.21. The molecule has 2 rings (SSSR count). The van der Waals surface area contributed by atoms with E-state index >= 15 is 0 Å². The molecule has 0 aliphatic rings. The average molecular weight is 367 g/mol. The molecule has 0 radical (unpaired) electrons. The van der Waals surface area contributed by atoms with Crippen LogP contribution in [0.3, 0.4) is 0 Å². The quantitative estimate of drug-likeness (QED) is 0.825. The maximum Gasteiger partial charge on any atom is 0.326 e. The third-order valence-corrected chi connectivity index (χ3v) is 3.88. The number of rotatable bonds is 6. The number of carboxylic acids is 1. The maximum atomic E-state index is 12.1. The molecule has 5 nitrogen and oxygen atoms in total. The van der Waals surface area contributed by atoms with Crippen molar-refractivity contribution in [1.82, 2.24) is 9.88 Å². The smallest absolute Gasteiger partial charge is 0.326 e. The van der Waals surface area contributed by atoms with Crippen molar-refractivity contribution in [3.8, 4) is 0 Å². The second kappa shape index (κ2) is 6.96. The zero-order valence-corrected chi connectivity index (χ0v) is 14.1. The van der Waals surface area contributed by atoms with Crippen molar-refractivity contribution in [2.45, 2.75) is 32.9 Å². The Balaban J connectivity index is 2.10. The number of hydrogen-bond acceptors (Lipinski definition) is 2. The lowest BCUT2D eigenvalue weighted by atomic mass is 10.0. The molecule has 2 N–H and O–H groups in total. The molecular weight excluding hydrogens is 348 g/mol. The summed E-state index contributed by atoms with van der Waals surface area (Å²) in [6.45, 7) is 3.96. The van der Waals surface area contributed by atoms with Crippen LogP contribution in [0.2, 0.25) is 0 Å². The molecule has 2 aromatic rings. The second-order valence-corrected chi connectivity index (χ2v) is 6.65. The molecule has 22 heavy (non-hydrogen) atoms. The molecule has 0 saturated heterocycles. The summed E-state index contributed by atoms with van der Waals surface area (Å²) in [7, 11) is 0. The Bertz CT molecular complexity index is 694. The molecule has 1 aromatic heterocycles. The minimum absolute atomic E-state index is 0.0990. The third-order valence-electron chi connectivity index (χ3n) is 3.39. The van der Waals surface area contributed by atoms with Gasteiger partial charge >= 0.3 is 5.97 Å². The standard InChI is InChI=1S/C16H19BrN2O3/c1-10(2)7-13(16(21)22)18-15(20)9-19-6-5-11-3-4-12(17)8-14(11)19/h3-6,8,10,13H,7,9H2,1-2H3,(H,18,20)(H,21,22)/t13-/m1/s1. The van der Waals surface area contributed by atoms with Crippen molar-refractivity contribution in [2.24, 2.45) is 5.92 Å². The fourth-order valence-corrected chi connectivity index (χ4v) is 2.73. The van der Waals surface area contributed by atoms with Gasteiger partial charge in [-0.15, -0.1) is 0 Å². The first kappa shape index (κ1) is 16.5. The number of nitrogens with one attached hydrogen (secondary N) is 1.